The van der Waals surface area contributed by atoms with Crippen LogP contribution >= 0.6 is 11.6 Å². The van der Waals surface area contributed by atoms with Gasteiger partial charge in [0.05, 0.1) is 6.42 Å². The summed E-state index contributed by atoms with van der Waals surface area (Å²) < 4.78 is 0. The van der Waals surface area contributed by atoms with Crippen LogP contribution in [0.1, 0.15) is 32.8 Å². The smallest absolute Gasteiger partial charge is 0.224 e. The maximum absolute atomic E-state index is 11.8. The fourth-order valence-electron chi connectivity index (χ4n) is 1.32. The average Bonchev–Trinajstić information content (AvgIpc) is 2.21. The second-order valence-corrected chi connectivity index (χ2v) is 4.96. The zero-order valence-corrected chi connectivity index (χ0v) is 10.8. The van der Waals surface area contributed by atoms with Crippen LogP contribution in [0.25, 0.3) is 0 Å². The summed E-state index contributed by atoms with van der Waals surface area (Å²) in [4.78, 5) is 11.8. The van der Waals surface area contributed by atoms with E-state index in [0.717, 1.165) is 12.0 Å². The van der Waals surface area contributed by atoms with E-state index in [0.29, 0.717) is 11.4 Å². The molecule has 88 valence electrons. The van der Waals surface area contributed by atoms with Gasteiger partial charge < -0.3 is 5.32 Å². The predicted octanol–water partition coefficient (Wildman–Crippen LogP) is 3.19. The monoisotopic (exact) mass is 239 g/mol. The summed E-state index contributed by atoms with van der Waals surface area (Å²) in [6, 6.07) is 7.43. The average molecular weight is 240 g/mol. The highest BCUT2D eigenvalue weighted by Crippen LogP contribution is 2.16. The Bertz CT molecular complexity index is 374. The molecule has 0 aliphatic heterocycles. The number of nitrogens with one attached hydrogen (secondary N) is 1. The van der Waals surface area contributed by atoms with Gasteiger partial charge in [0.15, 0.2) is 0 Å². The summed E-state index contributed by atoms with van der Waals surface area (Å²) in [6.45, 7) is 6.07. The number of carbonyl (C=O) groups excluding carboxylic acids is 1. The van der Waals surface area contributed by atoms with Gasteiger partial charge in [0.1, 0.15) is 0 Å². The Hall–Kier alpha value is -1.02. The summed E-state index contributed by atoms with van der Waals surface area (Å²) in [6.07, 6.45) is 1.24. The van der Waals surface area contributed by atoms with Crippen molar-refractivity contribution in [3.63, 3.8) is 0 Å². The Morgan fingerprint density at radius 3 is 2.56 bits per heavy atom. The van der Waals surface area contributed by atoms with Crippen LogP contribution in [0, 0.1) is 0 Å². The van der Waals surface area contributed by atoms with Gasteiger partial charge in [0.25, 0.3) is 0 Å². The first kappa shape index (κ1) is 13.0. The molecule has 0 atom stereocenters. The number of carbonyl (C=O) groups is 1. The molecule has 0 aromatic heterocycles. The minimum atomic E-state index is -0.154. The fourth-order valence-corrected chi connectivity index (χ4v) is 1.53. The summed E-state index contributed by atoms with van der Waals surface area (Å²) >= 11 is 5.99. The Kier molecular flexibility index (Phi) is 4.36. The van der Waals surface area contributed by atoms with Crippen LogP contribution in [-0.4, -0.2) is 11.4 Å². The lowest BCUT2D eigenvalue weighted by Gasteiger charge is -2.24. The first-order valence-electron chi connectivity index (χ1n) is 5.49. The largest absolute Gasteiger partial charge is 0.351 e. The number of hydrogen-bond donors (Lipinski definition) is 1. The molecule has 0 saturated carbocycles. The van der Waals surface area contributed by atoms with Crippen molar-refractivity contribution in [2.45, 2.75) is 39.2 Å². The molecule has 1 aromatic rings. The molecule has 0 heterocycles. The zero-order valence-electron chi connectivity index (χ0n) is 10.0. The standard InChI is InChI=1S/C13H18ClNO/c1-4-13(2,3)15-12(16)9-10-7-5-6-8-11(10)14/h5-8H,4,9H2,1-3H3,(H,15,16). The maximum Gasteiger partial charge on any atom is 0.224 e. The summed E-state index contributed by atoms with van der Waals surface area (Å²) in [5, 5.41) is 3.63. The van der Waals surface area contributed by atoms with Crippen LogP contribution in [-0.2, 0) is 11.2 Å². The molecule has 3 heteroatoms. The highest BCUT2D eigenvalue weighted by Gasteiger charge is 2.18. The normalized spacial score (nSPS) is 11.2. The third kappa shape index (κ3) is 3.86. The number of amides is 1. The molecule has 0 aliphatic rings. The quantitative estimate of drug-likeness (QED) is 0.859. The molecule has 1 aromatic carbocycles. The number of halogens is 1. The van der Waals surface area contributed by atoms with Crippen LogP contribution < -0.4 is 5.32 Å². The molecule has 2 nitrogen and oxygen atoms in total. The van der Waals surface area contributed by atoms with Gasteiger partial charge in [-0.3, -0.25) is 4.79 Å². The minimum Gasteiger partial charge on any atom is -0.351 e. The second kappa shape index (κ2) is 5.35. The molecule has 0 radical (unpaired) electrons. The summed E-state index contributed by atoms with van der Waals surface area (Å²) in [5.74, 6) is 0.0138. The topological polar surface area (TPSA) is 29.1 Å². The van der Waals surface area contributed by atoms with E-state index in [9.17, 15) is 4.79 Å². The van der Waals surface area contributed by atoms with Crippen molar-refractivity contribution in [1.29, 1.82) is 0 Å². The molecular weight excluding hydrogens is 222 g/mol. The van der Waals surface area contributed by atoms with Gasteiger partial charge in [-0.05, 0) is 31.9 Å². The second-order valence-electron chi connectivity index (χ2n) is 4.55. The van der Waals surface area contributed by atoms with Gasteiger partial charge in [0, 0.05) is 10.6 Å². The zero-order chi connectivity index (χ0) is 12.2. The third-order valence-corrected chi connectivity index (χ3v) is 3.04. The molecule has 0 spiro atoms. The molecule has 0 bridgehead atoms. The molecule has 0 saturated heterocycles. The third-order valence-electron chi connectivity index (χ3n) is 2.67. The Balaban J connectivity index is 2.62. The van der Waals surface area contributed by atoms with E-state index in [1.807, 2.05) is 32.0 Å². The van der Waals surface area contributed by atoms with Crippen molar-refractivity contribution in [3.05, 3.63) is 34.9 Å². The lowest BCUT2D eigenvalue weighted by atomic mass is 10.0. The number of rotatable bonds is 4. The lowest BCUT2D eigenvalue weighted by Crippen LogP contribution is -2.43. The molecule has 1 amide bonds. The van der Waals surface area contributed by atoms with Gasteiger partial charge in [-0.2, -0.15) is 0 Å². The van der Waals surface area contributed by atoms with E-state index in [1.54, 1.807) is 6.07 Å². The minimum absolute atomic E-state index is 0.0138. The molecule has 16 heavy (non-hydrogen) atoms. The van der Waals surface area contributed by atoms with Crippen molar-refractivity contribution < 1.29 is 4.79 Å². The van der Waals surface area contributed by atoms with Crippen molar-refractivity contribution in [3.8, 4) is 0 Å². The Morgan fingerprint density at radius 2 is 2.00 bits per heavy atom. The predicted molar refractivity (Wildman–Crippen MR) is 67.7 cm³/mol. The number of benzene rings is 1. The van der Waals surface area contributed by atoms with E-state index in [2.05, 4.69) is 12.2 Å². The summed E-state index contributed by atoms with van der Waals surface area (Å²) in [7, 11) is 0. The maximum atomic E-state index is 11.8. The van der Waals surface area contributed by atoms with Gasteiger partial charge in [-0.15, -0.1) is 0 Å². The van der Waals surface area contributed by atoms with Crippen LogP contribution in [0.15, 0.2) is 24.3 Å². The number of hydrogen-bond acceptors (Lipinski definition) is 1. The van der Waals surface area contributed by atoms with E-state index in [4.69, 9.17) is 11.6 Å². The molecule has 0 aliphatic carbocycles. The first-order chi connectivity index (χ1) is 7.44. The van der Waals surface area contributed by atoms with Crippen molar-refractivity contribution in [2.24, 2.45) is 0 Å². The van der Waals surface area contributed by atoms with Gasteiger partial charge in [0.2, 0.25) is 5.91 Å². The highest BCUT2D eigenvalue weighted by molar-refractivity contribution is 6.31. The van der Waals surface area contributed by atoms with Crippen molar-refractivity contribution in [2.75, 3.05) is 0 Å². The van der Waals surface area contributed by atoms with E-state index < -0.39 is 0 Å². The Labute approximate surface area is 102 Å². The molecule has 0 fully saturated rings. The van der Waals surface area contributed by atoms with E-state index >= 15 is 0 Å². The Morgan fingerprint density at radius 1 is 1.38 bits per heavy atom. The van der Waals surface area contributed by atoms with Gasteiger partial charge in [-0.1, -0.05) is 36.7 Å². The fraction of sp³-hybridized carbons (Fsp3) is 0.462. The highest BCUT2D eigenvalue weighted by atomic mass is 35.5. The van der Waals surface area contributed by atoms with Crippen molar-refractivity contribution >= 4 is 17.5 Å². The van der Waals surface area contributed by atoms with Crippen LogP contribution in [0.2, 0.25) is 5.02 Å². The van der Waals surface area contributed by atoms with Crippen LogP contribution in [0.3, 0.4) is 0 Å². The van der Waals surface area contributed by atoms with Gasteiger partial charge >= 0.3 is 0 Å². The van der Waals surface area contributed by atoms with Crippen molar-refractivity contribution in [1.82, 2.24) is 5.32 Å². The van der Waals surface area contributed by atoms with E-state index in [-0.39, 0.29) is 11.4 Å². The molecular formula is C13H18ClNO. The lowest BCUT2D eigenvalue weighted by molar-refractivity contribution is -0.122. The molecule has 1 N–H and O–H groups in total. The molecule has 1 rings (SSSR count). The van der Waals surface area contributed by atoms with Gasteiger partial charge in [-0.25, -0.2) is 0 Å². The SMILES string of the molecule is CCC(C)(C)NC(=O)Cc1ccccc1Cl. The van der Waals surface area contributed by atoms with Crippen LogP contribution in [0.4, 0.5) is 0 Å². The van der Waals surface area contributed by atoms with Crippen LogP contribution in [0.5, 0.6) is 0 Å². The molecule has 0 unspecified atom stereocenters. The summed E-state index contributed by atoms with van der Waals surface area (Å²) in [5.41, 5.74) is 0.715. The van der Waals surface area contributed by atoms with E-state index in [1.165, 1.54) is 0 Å². The first-order valence-corrected chi connectivity index (χ1v) is 5.87.